The van der Waals surface area contributed by atoms with Gasteiger partial charge in [-0.1, -0.05) is 6.07 Å². The second kappa shape index (κ2) is 5.01. The largest absolute Gasteiger partial charge is 0.384 e. The van der Waals surface area contributed by atoms with Crippen LogP contribution in [0.3, 0.4) is 0 Å². The summed E-state index contributed by atoms with van der Waals surface area (Å²) >= 11 is 4.84. The third-order valence-corrected chi connectivity index (χ3v) is 4.49. The Labute approximate surface area is 125 Å². The SMILES string of the molecule is O=c1[nH]c2ccc(C(O)c3csc(Br)c3)cc2[nH]c1=O. The summed E-state index contributed by atoms with van der Waals surface area (Å²) in [6, 6.07) is 6.87. The first-order valence-corrected chi connectivity index (χ1v) is 7.40. The highest BCUT2D eigenvalue weighted by Gasteiger charge is 2.13. The second-order valence-electron chi connectivity index (χ2n) is 4.30. The number of H-pyrrole nitrogens is 2. The Bertz CT molecular complexity index is 896. The number of aliphatic hydroxyl groups excluding tert-OH is 1. The Morgan fingerprint density at radius 1 is 1.05 bits per heavy atom. The van der Waals surface area contributed by atoms with Crippen LogP contribution in [0.15, 0.2) is 43.0 Å². The fraction of sp³-hybridized carbons (Fsp3) is 0.0769. The van der Waals surface area contributed by atoms with E-state index >= 15 is 0 Å². The summed E-state index contributed by atoms with van der Waals surface area (Å²) in [6.45, 7) is 0. The molecule has 0 aliphatic rings. The van der Waals surface area contributed by atoms with Crippen LogP contribution < -0.4 is 11.1 Å². The molecule has 1 atom stereocenters. The Balaban J connectivity index is 2.11. The van der Waals surface area contributed by atoms with Crippen LogP contribution in [0.25, 0.3) is 11.0 Å². The molecule has 20 heavy (non-hydrogen) atoms. The molecule has 1 aromatic carbocycles. The summed E-state index contributed by atoms with van der Waals surface area (Å²) < 4.78 is 0.935. The summed E-state index contributed by atoms with van der Waals surface area (Å²) in [5.41, 5.74) is 1.03. The van der Waals surface area contributed by atoms with Crippen molar-refractivity contribution in [1.29, 1.82) is 0 Å². The van der Waals surface area contributed by atoms with Gasteiger partial charge in [-0.25, -0.2) is 0 Å². The lowest BCUT2D eigenvalue weighted by Gasteiger charge is -2.10. The standard InChI is InChI=1S/C13H9BrN2O3S/c14-10-4-7(5-20-10)11(17)6-1-2-8-9(3-6)16-13(19)12(18)15-8/h1-5,11,17H,(H,15,18)(H,16,19). The number of fused-ring (bicyclic) bond motifs is 1. The van der Waals surface area contributed by atoms with E-state index in [1.54, 1.807) is 18.2 Å². The zero-order valence-corrected chi connectivity index (χ0v) is 12.4. The Morgan fingerprint density at radius 2 is 1.75 bits per heavy atom. The van der Waals surface area contributed by atoms with Crippen molar-refractivity contribution in [2.45, 2.75) is 6.10 Å². The van der Waals surface area contributed by atoms with E-state index in [-0.39, 0.29) is 0 Å². The molecule has 102 valence electrons. The molecule has 0 aliphatic heterocycles. The van der Waals surface area contributed by atoms with Gasteiger partial charge >= 0.3 is 11.1 Å². The van der Waals surface area contributed by atoms with Crippen LogP contribution in [0, 0.1) is 0 Å². The molecule has 1 unspecified atom stereocenters. The van der Waals surface area contributed by atoms with Gasteiger partial charge in [0.15, 0.2) is 0 Å². The van der Waals surface area contributed by atoms with Crippen LogP contribution in [0.5, 0.6) is 0 Å². The lowest BCUT2D eigenvalue weighted by atomic mass is 10.0. The Kier molecular flexibility index (Phi) is 3.33. The molecular weight excluding hydrogens is 344 g/mol. The first-order valence-electron chi connectivity index (χ1n) is 5.73. The number of hydrogen-bond acceptors (Lipinski definition) is 4. The third kappa shape index (κ3) is 2.35. The van der Waals surface area contributed by atoms with E-state index in [9.17, 15) is 14.7 Å². The number of halogens is 1. The van der Waals surface area contributed by atoms with Gasteiger partial charge in [0.1, 0.15) is 6.10 Å². The van der Waals surface area contributed by atoms with E-state index in [0.29, 0.717) is 16.6 Å². The average Bonchev–Trinajstić information content (AvgIpc) is 2.85. The average molecular weight is 353 g/mol. The van der Waals surface area contributed by atoms with Crippen molar-refractivity contribution in [2.24, 2.45) is 0 Å². The fourth-order valence-corrected chi connectivity index (χ4v) is 3.16. The zero-order chi connectivity index (χ0) is 14.3. The van der Waals surface area contributed by atoms with E-state index in [4.69, 9.17) is 0 Å². The Morgan fingerprint density at radius 3 is 2.40 bits per heavy atom. The quantitative estimate of drug-likeness (QED) is 0.617. The maximum atomic E-state index is 11.3. The van der Waals surface area contributed by atoms with Crippen molar-refractivity contribution in [3.63, 3.8) is 0 Å². The molecule has 2 heterocycles. The van der Waals surface area contributed by atoms with Gasteiger partial charge in [-0.2, -0.15) is 0 Å². The van der Waals surface area contributed by atoms with E-state index in [0.717, 1.165) is 9.35 Å². The molecule has 0 bridgehead atoms. The predicted molar refractivity (Wildman–Crippen MR) is 81.3 cm³/mol. The Hall–Kier alpha value is -1.70. The maximum Gasteiger partial charge on any atom is 0.314 e. The van der Waals surface area contributed by atoms with Gasteiger partial charge < -0.3 is 15.1 Å². The van der Waals surface area contributed by atoms with E-state index < -0.39 is 17.2 Å². The minimum atomic E-state index is -0.780. The number of aromatic nitrogens is 2. The molecule has 0 aliphatic carbocycles. The minimum Gasteiger partial charge on any atom is -0.384 e. The number of thiophene rings is 1. The molecular formula is C13H9BrN2O3S. The summed E-state index contributed by atoms with van der Waals surface area (Å²) in [5, 5.41) is 12.2. The smallest absolute Gasteiger partial charge is 0.314 e. The highest BCUT2D eigenvalue weighted by molar-refractivity contribution is 9.11. The first kappa shape index (κ1) is 13.3. The van der Waals surface area contributed by atoms with Crippen LogP contribution in [0.4, 0.5) is 0 Å². The lowest BCUT2D eigenvalue weighted by Crippen LogP contribution is -2.28. The van der Waals surface area contributed by atoms with Crippen LogP contribution in [0.2, 0.25) is 0 Å². The molecule has 0 fully saturated rings. The number of aromatic amines is 2. The molecule has 0 radical (unpaired) electrons. The molecule has 7 heteroatoms. The number of nitrogens with one attached hydrogen (secondary N) is 2. The van der Waals surface area contributed by atoms with Gasteiger partial charge in [-0.15, -0.1) is 11.3 Å². The van der Waals surface area contributed by atoms with Crippen LogP contribution in [-0.4, -0.2) is 15.1 Å². The normalized spacial score (nSPS) is 12.7. The van der Waals surface area contributed by atoms with E-state index in [1.165, 1.54) is 11.3 Å². The van der Waals surface area contributed by atoms with Crippen molar-refractivity contribution in [1.82, 2.24) is 9.97 Å². The van der Waals surface area contributed by atoms with Crippen LogP contribution >= 0.6 is 27.3 Å². The van der Waals surface area contributed by atoms with Gasteiger partial charge in [0.2, 0.25) is 0 Å². The molecule has 2 aromatic heterocycles. The monoisotopic (exact) mass is 352 g/mol. The van der Waals surface area contributed by atoms with Crippen molar-refractivity contribution < 1.29 is 5.11 Å². The zero-order valence-electron chi connectivity index (χ0n) is 10.0. The lowest BCUT2D eigenvalue weighted by molar-refractivity contribution is 0.221. The second-order valence-corrected chi connectivity index (χ2v) is 6.59. The highest BCUT2D eigenvalue weighted by Crippen LogP contribution is 2.29. The molecule has 3 N–H and O–H groups in total. The number of hydrogen-bond donors (Lipinski definition) is 3. The molecule has 5 nitrogen and oxygen atoms in total. The van der Waals surface area contributed by atoms with Crippen molar-refractivity contribution in [3.8, 4) is 0 Å². The predicted octanol–water partition coefficient (Wildman–Crippen LogP) is 2.12. The van der Waals surface area contributed by atoms with Gasteiger partial charge in [0, 0.05) is 0 Å². The number of benzene rings is 1. The molecule has 0 saturated carbocycles. The number of rotatable bonds is 2. The van der Waals surface area contributed by atoms with Gasteiger partial charge in [-0.05, 0) is 50.6 Å². The van der Waals surface area contributed by atoms with Crippen molar-refractivity contribution >= 4 is 38.3 Å². The molecule has 3 aromatic rings. The fourth-order valence-electron chi connectivity index (χ4n) is 1.96. The van der Waals surface area contributed by atoms with E-state index in [1.807, 2.05) is 11.4 Å². The molecule has 0 amide bonds. The van der Waals surface area contributed by atoms with E-state index in [2.05, 4.69) is 25.9 Å². The molecule has 3 rings (SSSR count). The summed E-state index contributed by atoms with van der Waals surface area (Å²) in [4.78, 5) is 27.5. The van der Waals surface area contributed by atoms with Gasteiger partial charge in [0.05, 0.1) is 14.8 Å². The van der Waals surface area contributed by atoms with Gasteiger partial charge in [0.25, 0.3) is 0 Å². The van der Waals surface area contributed by atoms with Crippen molar-refractivity contribution in [3.05, 3.63) is 65.3 Å². The number of aliphatic hydroxyl groups is 1. The van der Waals surface area contributed by atoms with Crippen LogP contribution in [0.1, 0.15) is 17.2 Å². The summed E-state index contributed by atoms with van der Waals surface area (Å²) in [6.07, 6.45) is -0.780. The van der Waals surface area contributed by atoms with Crippen molar-refractivity contribution in [2.75, 3.05) is 0 Å². The maximum absolute atomic E-state index is 11.3. The van der Waals surface area contributed by atoms with Crippen LogP contribution in [-0.2, 0) is 0 Å². The summed E-state index contributed by atoms with van der Waals surface area (Å²) in [7, 11) is 0. The minimum absolute atomic E-state index is 0.487. The first-order chi connectivity index (χ1) is 9.54. The summed E-state index contributed by atoms with van der Waals surface area (Å²) in [5.74, 6) is 0. The third-order valence-electron chi connectivity index (χ3n) is 2.97. The van der Waals surface area contributed by atoms with Gasteiger partial charge in [-0.3, -0.25) is 9.59 Å². The molecule has 0 saturated heterocycles. The highest BCUT2D eigenvalue weighted by atomic mass is 79.9. The topological polar surface area (TPSA) is 85.9 Å². The molecule has 0 spiro atoms.